The molecule has 9 nitrogen and oxygen atoms in total. The van der Waals surface area contributed by atoms with Gasteiger partial charge in [-0.1, -0.05) is 0 Å². The number of nitrogens with zero attached hydrogens (tertiary/aromatic N) is 7. The zero-order valence-electron chi connectivity index (χ0n) is 17.2. The average molecular weight is 403 g/mol. The van der Waals surface area contributed by atoms with Crippen molar-refractivity contribution in [3.05, 3.63) is 48.9 Å². The van der Waals surface area contributed by atoms with E-state index in [1.807, 2.05) is 6.20 Å². The normalized spacial score (nSPS) is 15.8. The quantitative estimate of drug-likeness (QED) is 0.528. The van der Waals surface area contributed by atoms with E-state index >= 15 is 0 Å². The molecule has 9 heteroatoms. The number of nitrogens with one attached hydrogen (secondary N) is 2. The number of piperidine rings is 1. The number of aromatic amines is 1. The van der Waals surface area contributed by atoms with Crippen LogP contribution in [0.4, 0.5) is 11.5 Å². The molecule has 0 radical (unpaired) electrons. The highest BCUT2D eigenvalue weighted by atomic mass is 15.3. The Kier molecular flexibility index (Phi) is 4.88. The molecule has 154 valence electrons. The summed E-state index contributed by atoms with van der Waals surface area (Å²) in [5, 5.41) is 14.5. The van der Waals surface area contributed by atoms with E-state index in [1.165, 1.54) is 12.0 Å². The fourth-order valence-corrected chi connectivity index (χ4v) is 4.06. The molecule has 4 aromatic heterocycles. The van der Waals surface area contributed by atoms with Crippen LogP contribution in [-0.4, -0.2) is 58.8 Å². The van der Waals surface area contributed by atoms with Crippen LogP contribution in [0.15, 0.2) is 43.2 Å². The Labute approximate surface area is 174 Å². The lowest BCUT2D eigenvalue weighted by atomic mass is 9.92. The molecule has 0 aliphatic carbocycles. The summed E-state index contributed by atoms with van der Waals surface area (Å²) in [5.41, 5.74) is 4.42. The van der Waals surface area contributed by atoms with Gasteiger partial charge in [0.1, 0.15) is 6.33 Å². The lowest BCUT2D eigenvalue weighted by Crippen LogP contribution is -2.37. The maximum atomic E-state index is 4.73. The molecule has 1 aliphatic rings. The Bertz CT molecular complexity index is 1110. The van der Waals surface area contributed by atoms with Gasteiger partial charge in [0.2, 0.25) is 0 Å². The topological polar surface area (TPSA) is 99.9 Å². The largest absolute Gasteiger partial charge is 0.336 e. The molecule has 0 bridgehead atoms. The van der Waals surface area contributed by atoms with Crippen molar-refractivity contribution < 1.29 is 0 Å². The molecule has 0 unspecified atom stereocenters. The summed E-state index contributed by atoms with van der Waals surface area (Å²) in [6.07, 6.45) is 11.0. The van der Waals surface area contributed by atoms with Crippen molar-refractivity contribution in [2.45, 2.75) is 38.6 Å². The smallest absolute Gasteiger partial charge is 0.199 e. The number of anilines is 2. The number of hydrogen-bond donors (Lipinski definition) is 2. The molecule has 4 aromatic rings. The monoisotopic (exact) mass is 403 g/mol. The Morgan fingerprint density at radius 2 is 1.93 bits per heavy atom. The van der Waals surface area contributed by atoms with Crippen molar-refractivity contribution in [3.8, 4) is 11.3 Å². The van der Waals surface area contributed by atoms with Gasteiger partial charge in [-0.15, -0.1) is 0 Å². The van der Waals surface area contributed by atoms with Crippen molar-refractivity contribution in [2.75, 3.05) is 18.4 Å². The predicted molar refractivity (Wildman–Crippen MR) is 115 cm³/mol. The molecular weight excluding hydrogens is 378 g/mol. The van der Waals surface area contributed by atoms with Crippen molar-refractivity contribution >= 4 is 17.2 Å². The molecule has 0 spiro atoms. The van der Waals surface area contributed by atoms with Crippen LogP contribution in [0.1, 0.15) is 38.3 Å². The Hall–Kier alpha value is -3.33. The first-order valence-electron chi connectivity index (χ1n) is 10.3. The van der Waals surface area contributed by atoms with E-state index in [0.29, 0.717) is 23.4 Å². The lowest BCUT2D eigenvalue weighted by Gasteiger charge is -2.34. The van der Waals surface area contributed by atoms with Gasteiger partial charge in [-0.05, 0) is 51.9 Å². The molecule has 1 aliphatic heterocycles. The fraction of sp³-hybridized carbons (Fsp3) is 0.381. The van der Waals surface area contributed by atoms with Crippen LogP contribution in [0, 0.1) is 0 Å². The number of aromatic nitrogens is 7. The zero-order valence-corrected chi connectivity index (χ0v) is 17.2. The minimum atomic E-state index is 0.532. The standard InChI is InChI=1S/C21H25N9/c1-14(2)29-7-5-15(6-8-29)18-4-3-17(11-22-18)28-20-21-24-13-27-30(21)19(12-23-20)16-9-25-26-10-16/h3-4,9-15H,5-8H2,1-2H3,(H,23,28)(H,25,26). The van der Waals surface area contributed by atoms with Crippen LogP contribution >= 0.6 is 0 Å². The van der Waals surface area contributed by atoms with Gasteiger partial charge in [0.25, 0.3) is 0 Å². The molecule has 1 fully saturated rings. The van der Waals surface area contributed by atoms with E-state index in [4.69, 9.17) is 4.98 Å². The summed E-state index contributed by atoms with van der Waals surface area (Å²) in [7, 11) is 0. The van der Waals surface area contributed by atoms with E-state index in [2.05, 4.69) is 61.5 Å². The molecule has 0 saturated carbocycles. The maximum Gasteiger partial charge on any atom is 0.199 e. The lowest BCUT2D eigenvalue weighted by molar-refractivity contribution is 0.171. The molecule has 5 heterocycles. The molecule has 5 rings (SSSR count). The van der Waals surface area contributed by atoms with Crippen molar-refractivity contribution in [1.82, 2.24) is 39.7 Å². The highest BCUT2D eigenvalue weighted by Gasteiger charge is 2.22. The first-order valence-corrected chi connectivity index (χ1v) is 10.3. The van der Waals surface area contributed by atoms with Gasteiger partial charge in [-0.2, -0.15) is 10.2 Å². The van der Waals surface area contributed by atoms with Crippen molar-refractivity contribution in [3.63, 3.8) is 0 Å². The van der Waals surface area contributed by atoms with Gasteiger partial charge < -0.3 is 10.2 Å². The van der Waals surface area contributed by atoms with Gasteiger partial charge in [0.15, 0.2) is 11.5 Å². The summed E-state index contributed by atoms with van der Waals surface area (Å²) in [4.78, 5) is 16.2. The van der Waals surface area contributed by atoms with Gasteiger partial charge in [0, 0.05) is 29.4 Å². The number of rotatable bonds is 5. The number of likely N-dealkylation sites (tertiary alicyclic amines) is 1. The molecular formula is C21H25N9. The SMILES string of the molecule is CC(C)N1CCC(c2ccc(Nc3ncc(-c4cn[nH]c4)n4ncnc34)cn2)CC1. The fourth-order valence-electron chi connectivity index (χ4n) is 4.06. The maximum absolute atomic E-state index is 4.73. The summed E-state index contributed by atoms with van der Waals surface area (Å²) in [6, 6.07) is 4.81. The van der Waals surface area contributed by atoms with E-state index in [1.54, 1.807) is 23.1 Å². The van der Waals surface area contributed by atoms with E-state index < -0.39 is 0 Å². The Morgan fingerprint density at radius 1 is 1.07 bits per heavy atom. The third-order valence-electron chi connectivity index (χ3n) is 5.82. The van der Waals surface area contributed by atoms with Crippen LogP contribution in [0.25, 0.3) is 16.9 Å². The third-order valence-corrected chi connectivity index (χ3v) is 5.82. The van der Waals surface area contributed by atoms with Crippen LogP contribution in [0.5, 0.6) is 0 Å². The zero-order chi connectivity index (χ0) is 20.5. The summed E-state index contributed by atoms with van der Waals surface area (Å²) >= 11 is 0. The number of pyridine rings is 1. The van der Waals surface area contributed by atoms with E-state index in [9.17, 15) is 0 Å². The first-order chi connectivity index (χ1) is 14.7. The Morgan fingerprint density at radius 3 is 2.63 bits per heavy atom. The van der Waals surface area contributed by atoms with Crippen LogP contribution in [0.2, 0.25) is 0 Å². The summed E-state index contributed by atoms with van der Waals surface area (Å²) < 4.78 is 1.75. The summed E-state index contributed by atoms with van der Waals surface area (Å²) in [6.45, 7) is 6.81. The van der Waals surface area contributed by atoms with E-state index in [0.717, 1.165) is 42.9 Å². The molecule has 1 saturated heterocycles. The van der Waals surface area contributed by atoms with Gasteiger partial charge >= 0.3 is 0 Å². The molecule has 2 N–H and O–H groups in total. The molecule has 0 atom stereocenters. The van der Waals surface area contributed by atoms with Crippen LogP contribution in [0.3, 0.4) is 0 Å². The van der Waals surface area contributed by atoms with Crippen LogP contribution in [-0.2, 0) is 0 Å². The van der Waals surface area contributed by atoms with Gasteiger partial charge in [-0.25, -0.2) is 14.5 Å². The average Bonchev–Trinajstić information content (AvgIpc) is 3.47. The number of hydrogen-bond acceptors (Lipinski definition) is 7. The van der Waals surface area contributed by atoms with Crippen LogP contribution < -0.4 is 5.32 Å². The highest BCUT2D eigenvalue weighted by Crippen LogP contribution is 2.29. The molecule has 30 heavy (non-hydrogen) atoms. The Balaban J connectivity index is 1.33. The van der Waals surface area contributed by atoms with E-state index in [-0.39, 0.29) is 0 Å². The second kappa shape index (κ2) is 7.83. The minimum Gasteiger partial charge on any atom is -0.336 e. The first kappa shape index (κ1) is 18.7. The number of fused-ring (bicyclic) bond motifs is 1. The second-order valence-electron chi connectivity index (χ2n) is 7.98. The highest BCUT2D eigenvalue weighted by molar-refractivity contribution is 5.72. The second-order valence-corrected chi connectivity index (χ2v) is 7.98. The van der Waals surface area contributed by atoms with Crippen molar-refractivity contribution in [1.29, 1.82) is 0 Å². The third kappa shape index (κ3) is 3.52. The van der Waals surface area contributed by atoms with Gasteiger partial charge in [0.05, 0.1) is 30.0 Å². The molecule has 0 amide bonds. The molecule has 0 aromatic carbocycles. The number of H-pyrrole nitrogens is 1. The van der Waals surface area contributed by atoms with Gasteiger partial charge in [-0.3, -0.25) is 10.1 Å². The predicted octanol–water partition coefficient (Wildman–Crippen LogP) is 3.24. The summed E-state index contributed by atoms with van der Waals surface area (Å²) in [5.74, 6) is 1.17. The minimum absolute atomic E-state index is 0.532. The van der Waals surface area contributed by atoms with Crippen molar-refractivity contribution in [2.24, 2.45) is 0 Å².